The van der Waals surface area contributed by atoms with E-state index in [1.54, 1.807) is 12.8 Å². The zero-order valence-electron chi connectivity index (χ0n) is 7.29. The third kappa shape index (κ3) is 0.703. The summed E-state index contributed by atoms with van der Waals surface area (Å²) in [6, 6.07) is 1.01. The minimum atomic E-state index is 1.01. The molecule has 4 atom stereocenters. The standard InChI is InChI=1S/C10H17N/c1-11-5-4-9-7-2-3-8(6-7)10(9)11/h7-10H,2-6H2,1H3. The van der Waals surface area contributed by atoms with Crippen molar-refractivity contribution in [2.45, 2.75) is 31.7 Å². The lowest BCUT2D eigenvalue weighted by atomic mass is 9.85. The van der Waals surface area contributed by atoms with E-state index >= 15 is 0 Å². The molecule has 2 aliphatic carbocycles. The molecule has 1 saturated heterocycles. The SMILES string of the molecule is CN1CCC2C3CCC(C3)C21. The highest BCUT2D eigenvalue weighted by atomic mass is 15.2. The zero-order chi connectivity index (χ0) is 7.42. The van der Waals surface area contributed by atoms with E-state index in [9.17, 15) is 0 Å². The van der Waals surface area contributed by atoms with E-state index in [-0.39, 0.29) is 0 Å². The van der Waals surface area contributed by atoms with E-state index in [4.69, 9.17) is 0 Å². The maximum absolute atomic E-state index is 2.62. The summed E-state index contributed by atoms with van der Waals surface area (Å²) in [6.45, 7) is 1.38. The Bertz CT molecular complexity index is 178. The Labute approximate surface area is 68.8 Å². The van der Waals surface area contributed by atoms with Gasteiger partial charge in [-0.2, -0.15) is 0 Å². The van der Waals surface area contributed by atoms with Crippen molar-refractivity contribution in [1.29, 1.82) is 0 Å². The third-order valence-electron chi connectivity index (χ3n) is 4.36. The van der Waals surface area contributed by atoms with Crippen LogP contribution in [0.4, 0.5) is 0 Å². The van der Waals surface area contributed by atoms with Crippen LogP contribution in [0.15, 0.2) is 0 Å². The van der Waals surface area contributed by atoms with Crippen LogP contribution in [0.25, 0.3) is 0 Å². The van der Waals surface area contributed by atoms with Gasteiger partial charge < -0.3 is 4.90 Å². The monoisotopic (exact) mass is 151 g/mol. The molecule has 0 aromatic carbocycles. The molecule has 0 amide bonds. The van der Waals surface area contributed by atoms with Gasteiger partial charge in [0.2, 0.25) is 0 Å². The number of fused-ring (bicyclic) bond motifs is 5. The Morgan fingerprint density at radius 1 is 1.09 bits per heavy atom. The maximum atomic E-state index is 2.62. The molecule has 3 fully saturated rings. The smallest absolute Gasteiger partial charge is 0.0152 e. The molecule has 4 unspecified atom stereocenters. The molecule has 2 bridgehead atoms. The predicted molar refractivity (Wildman–Crippen MR) is 45.4 cm³/mol. The molecular weight excluding hydrogens is 134 g/mol. The molecule has 0 radical (unpaired) electrons. The van der Waals surface area contributed by atoms with E-state index in [1.165, 1.54) is 19.4 Å². The molecule has 1 heterocycles. The summed E-state index contributed by atoms with van der Waals surface area (Å²) >= 11 is 0. The van der Waals surface area contributed by atoms with E-state index in [0.29, 0.717) is 0 Å². The Morgan fingerprint density at radius 2 is 1.91 bits per heavy atom. The minimum absolute atomic E-state index is 1.01. The van der Waals surface area contributed by atoms with Gasteiger partial charge in [-0.1, -0.05) is 0 Å². The summed E-state index contributed by atoms with van der Waals surface area (Å²) in [7, 11) is 2.32. The van der Waals surface area contributed by atoms with Crippen LogP contribution in [0.3, 0.4) is 0 Å². The van der Waals surface area contributed by atoms with Crippen molar-refractivity contribution in [3.05, 3.63) is 0 Å². The number of rotatable bonds is 0. The Hall–Kier alpha value is -0.0400. The number of hydrogen-bond donors (Lipinski definition) is 0. The van der Waals surface area contributed by atoms with Crippen LogP contribution >= 0.6 is 0 Å². The first-order chi connectivity index (χ1) is 5.36. The highest BCUT2D eigenvalue weighted by molar-refractivity contribution is 5.04. The second kappa shape index (κ2) is 2.01. The van der Waals surface area contributed by atoms with E-state index in [1.807, 2.05) is 0 Å². The zero-order valence-corrected chi connectivity index (χ0v) is 7.29. The van der Waals surface area contributed by atoms with Gasteiger partial charge in [-0.15, -0.1) is 0 Å². The van der Waals surface area contributed by atoms with Crippen molar-refractivity contribution < 1.29 is 0 Å². The van der Waals surface area contributed by atoms with Crippen molar-refractivity contribution in [3.63, 3.8) is 0 Å². The fourth-order valence-corrected chi connectivity index (χ4v) is 3.98. The number of nitrogens with zero attached hydrogens (tertiary/aromatic N) is 1. The van der Waals surface area contributed by atoms with Gasteiger partial charge in [0.15, 0.2) is 0 Å². The molecule has 0 spiro atoms. The number of likely N-dealkylation sites (tertiary alicyclic amines) is 1. The van der Waals surface area contributed by atoms with E-state index in [2.05, 4.69) is 11.9 Å². The molecule has 1 nitrogen and oxygen atoms in total. The van der Waals surface area contributed by atoms with Crippen LogP contribution in [0.5, 0.6) is 0 Å². The number of hydrogen-bond acceptors (Lipinski definition) is 1. The second-order valence-corrected chi connectivity index (χ2v) is 4.76. The molecule has 0 aromatic heterocycles. The van der Waals surface area contributed by atoms with Crippen LogP contribution in [-0.2, 0) is 0 Å². The lowest BCUT2D eigenvalue weighted by molar-refractivity contribution is 0.200. The predicted octanol–water partition coefficient (Wildman–Crippen LogP) is 1.74. The second-order valence-electron chi connectivity index (χ2n) is 4.76. The van der Waals surface area contributed by atoms with Crippen molar-refractivity contribution >= 4 is 0 Å². The molecular formula is C10H17N. The van der Waals surface area contributed by atoms with Crippen LogP contribution in [-0.4, -0.2) is 24.5 Å². The molecule has 3 aliphatic rings. The summed E-state index contributed by atoms with van der Waals surface area (Å²) in [4.78, 5) is 2.62. The molecule has 0 aromatic rings. The summed E-state index contributed by atoms with van der Waals surface area (Å²) < 4.78 is 0. The summed E-state index contributed by atoms with van der Waals surface area (Å²) in [6.07, 6.45) is 6.16. The maximum Gasteiger partial charge on any atom is 0.0152 e. The minimum Gasteiger partial charge on any atom is -0.303 e. The van der Waals surface area contributed by atoms with Crippen molar-refractivity contribution in [2.75, 3.05) is 13.6 Å². The Balaban J connectivity index is 1.91. The molecule has 11 heavy (non-hydrogen) atoms. The van der Waals surface area contributed by atoms with Crippen molar-refractivity contribution in [1.82, 2.24) is 4.90 Å². The van der Waals surface area contributed by atoms with Crippen molar-refractivity contribution in [3.8, 4) is 0 Å². The normalized spacial score (nSPS) is 55.4. The van der Waals surface area contributed by atoms with E-state index < -0.39 is 0 Å². The summed E-state index contributed by atoms with van der Waals surface area (Å²) in [5.41, 5.74) is 0. The fourth-order valence-electron chi connectivity index (χ4n) is 3.98. The third-order valence-corrected chi connectivity index (χ3v) is 4.36. The first-order valence-electron chi connectivity index (χ1n) is 5.06. The van der Waals surface area contributed by atoms with Crippen LogP contribution in [0.1, 0.15) is 25.7 Å². The lowest BCUT2D eigenvalue weighted by Crippen LogP contribution is -2.34. The lowest BCUT2D eigenvalue weighted by Gasteiger charge is -2.28. The molecule has 0 N–H and O–H groups in total. The average molecular weight is 151 g/mol. The van der Waals surface area contributed by atoms with Gasteiger partial charge in [0, 0.05) is 6.04 Å². The van der Waals surface area contributed by atoms with Crippen molar-refractivity contribution in [2.24, 2.45) is 17.8 Å². The van der Waals surface area contributed by atoms with Gasteiger partial charge in [0.25, 0.3) is 0 Å². The fraction of sp³-hybridized carbons (Fsp3) is 1.00. The van der Waals surface area contributed by atoms with Gasteiger partial charge >= 0.3 is 0 Å². The first-order valence-corrected chi connectivity index (χ1v) is 5.06. The highest BCUT2D eigenvalue weighted by Gasteiger charge is 2.51. The highest BCUT2D eigenvalue weighted by Crippen LogP contribution is 2.53. The van der Waals surface area contributed by atoms with Gasteiger partial charge in [-0.25, -0.2) is 0 Å². The van der Waals surface area contributed by atoms with Gasteiger partial charge in [0.05, 0.1) is 0 Å². The molecule has 1 aliphatic heterocycles. The topological polar surface area (TPSA) is 3.24 Å². The average Bonchev–Trinajstić information content (AvgIpc) is 2.60. The van der Waals surface area contributed by atoms with Crippen LogP contribution in [0.2, 0.25) is 0 Å². The van der Waals surface area contributed by atoms with Gasteiger partial charge in [0.1, 0.15) is 0 Å². The molecule has 62 valence electrons. The summed E-state index contributed by atoms with van der Waals surface area (Å²) in [5.74, 6) is 3.34. The van der Waals surface area contributed by atoms with Crippen LogP contribution < -0.4 is 0 Å². The van der Waals surface area contributed by atoms with Gasteiger partial charge in [-0.05, 0) is 57.0 Å². The van der Waals surface area contributed by atoms with Crippen LogP contribution in [0, 0.1) is 17.8 Å². The molecule has 1 heteroatoms. The first kappa shape index (κ1) is 6.47. The summed E-state index contributed by atoms with van der Waals surface area (Å²) in [5, 5.41) is 0. The molecule has 3 rings (SSSR count). The Morgan fingerprint density at radius 3 is 2.73 bits per heavy atom. The van der Waals surface area contributed by atoms with Gasteiger partial charge in [-0.3, -0.25) is 0 Å². The molecule has 2 saturated carbocycles. The Kier molecular flexibility index (Phi) is 1.18. The van der Waals surface area contributed by atoms with E-state index in [0.717, 1.165) is 23.8 Å². The largest absolute Gasteiger partial charge is 0.303 e. The quantitative estimate of drug-likeness (QED) is 0.509.